The van der Waals surface area contributed by atoms with Crippen molar-refractivity contribution >= 4 is 34.9 Å². The summed E-state index contributed by atoms with van der Waals surface area (Å²) in [6, 6.07) is 23.2. The number of aromatic hydroxyl groups is 1. The number of carboxylic acid groups (broad SMARTS) is 1. The van der Waals surface area contributed by atoms with Crippen molar-refractivity contribution in [3.8, 4) is 16.9 Å². The largest absolute Gasteiger partial charge is 0.505 e. The van der Waals surface area contributed by atoms with Gasteiger partial charge in [0.2, 0.25) is 0 Å². The Morgan fingerprint density at radius 3 is 2.24 bits per heavy atom. The fourth-order valence-electron chi connectivity index (χ4n) is 4.32. The summed E-state index contributed by atoms with van der Waals surface area (Å²) in [7, 11) is 0. The van der Waals surface area contributed by atoms with Crippen LogP contribution in [0, 0.1) is 13.8 Å². The van der Waals surface area contributed by atoms with E-state index in [0.29, 0.717) is 27.9 Å². The van der Waals surface area contributed by atoms with Crippen molar-refractivity contribution < 1.29 is 24.6 Å². The van der Waals surface area contributed by atoms with Crippen LogP contribution in [0.25, 0.3) is 11.1 Å². The first kappa shape index (κ1) is 24.5. The average Bonchev–Trinajstić information content (AvgIpc) is 2.91. The molecule has 3 N–H and O–H groups in total. The highest BCUT2D eigenvalue weighted by atomic mass is 16.4. The molecule has 0 saturated heterocycles. The molecule has 38 heavy (non-hydrogen) atoms. The number of nitrogens with zero attached hydrogens (tertiary/aromatic N) is 2. The highest BCUT2D eigenvalue weighted by Crippen LogP contribution is 2.36. The van der Waals surface area contributed by atoms with Crippen LogP contribution in [0.3, 0.4) is 0 Å². The number of hydrogen-bond acceptors (Lipinski definition) is 6. The number of carboxylic acids is 1. The second-order valence-electron chi connectivity index (χ2n) is 8.92. The van der Waals surface area contributed by atoms with E-state index >= 15 is 0 Å². The predicted molar refractivity (Wildman–Crippen MR) is 145 cm³/mol. The maximum atomic E-state index is 13.6. The van der Waals surface area contributed by atoms with Crippen molar-refractivity contribution in [1.82, 2.24) is 0 Å². The number of rotatable bonds is 5. The second-order valence-corrected chi connectivity index (χ2v) is 8.92. The summed E-state index contributed by atoms with van der Waals surface area (Å²) in [5.74, 6) is -2.30. The SMILES string of the molecule is Cc1ccc(N2C(=O)/C(=N\Nc3cccc(-c4cccc(C(=O)O)c4)c3O)c3ccccc3C2=O)cc1C. The maximum absolute atomic E-state index is 13.6. The van der Waals surface area contributed by atoms with Gasteiger partial charge in [-0.05, 0) is 66.9 Å². The summed E-state index contributed by atoms with van der Waals surface area (Å²) in [6.07, 6.45) is 0. The molecule has 1 aliphatic heterocycles. The van der Waals surface area contributed by atoms with Gasteiger partial charge >= 0.3 is 5.97 Å². The molecule has 0 saturated carbocycles. The average molecular weight is 506 g/mol. The van der Waals surface area contributed by atoms with Crippen molar-refractivity contribution in [1.29, 1.82) is 0 Å². The lowest BCUT2D eigenvalue weighted by atomic mass is 9.95. The van der Waals surface area contributed by atoms with E-state index < -0.39 is 17.8 Å². The molecular weight excluding hydrogens is 482 g/mol. The summed E-state index contributed by atoms with van der Waals surface area (Å²) in [5.41, 5.74) is 7.08. The highest BCUT2D eigenvalue weighted by Gasteiger charge is 2.37. The smallest absolute Gasteiger partial charge is 0.335 e. The fourth-order valence-corrected chi connectivity index (χ4v) is 4.32. The van der Waals surface area contributed by atoms with Crippen molar-refractivity contribution in [3.63, 3.8) is 0 Å². The van der Waals surface area contributed by atoms with Crippen molar-refractivity contribution in [2.45, 2.75) is 13.8 Å². The molecule has 0 fully saturated rings. The number of amides is 2. The van der Waals surface area contributed by atoms with Gasteiger partial charge < -0.3 is 10.2 Å². The van der Waals surface area contributed by atoms with Gasteiger partial charge in [-0.15, -0.1) is 0 Å². The number of aryl methyl sites for hydroxylation is 2. The van der Waals surface area contributed by atoms with Crippen LogP contribution in [0.5, 0.6) is 5.75 Å². The number of nitrogens with one attached hydrogen (secondary N) is 1. The molecule has 0 radical (unpaired) electrons. The van der Waals surface area contributed by atoms with E-state index in [4.69, 9.17) is 0 Å². The molecule has 0 bridgehead atoms. The van der Waals surface area contributed by atoms with E-state index in [1.165, 1.54) is 12.1 Å². The van der Waals surface area contributed by atoms with Gasteiger partial charge in [0.15, 0.2) is 5.71 Å². The van der Waals surface area contributed by atoms with Gasteiger partial charge in [-0.3, -0.25) is 15.0 Å². The molecule has 8 nitrogen and oxygen atoms in total. The van der Waals surface area contributed by atoms with Gasteiger partial charge in [0.05, 0.1) is 22.5 Å². The minimum atomic E-state index is -1.08. The lowest BCUT2D eigenvalue weighted by Gasteiger charge is -2.28. The van der Waals surface area contributed by atoms with Crippen LogP contribution in [0.2, 0.25) is 0 Å². The molecule has 5 rings (SSSR count). The zero-order valence-electron chi connectivity index (χ0n) is 20.6. The molecule has 0 aromatic heterocycles. The van der Waals surface area contributed by atoms with E-state index in [1.54, 1.807) is 66.7 Å². The second kappa shape index (κ2) is 9.67. The molecule has 2 amide bonds. The molecule has 0 spiro atoms. The summed E-state index contributed by atoms with van der Waals surface area (Å²) in [5, 5.41) is 24.6. The Kier molecular flexibility index (Phi) is 6.22. The molecule has 1 aliphatic rings. The third kappa shape index (κ3) is 4.28. The number of aromatic carboxylic acids is 1. The lowest BCUT2D eigenvalue weighted by Crippen LogP contribution is -2.47. The van der Waals surface area contributed by atoms with Crippen LogP contribution in [0.4, 0.5) is 11.4 Å². The van der Waals surface area contributed by atoms with Crippen LogP contribution in [0.1, 0.15) is 37.4 Å². The summed E-state index contributed by atoms with van der Waals surface area (Å²) in [6.45, 7) is 3.85. The lowest BCUT2D eigenvalue weighted by molar-refractivity contribution is -0.112. The third-order valence-corrected chi connectivity index (χ3v) is 6.51. The number of carbonyl (C=O) groups is 3. The summed E-state index contributed by atoms with van der Waals surface area (Å²) >= 11 is 0. The molecule has 188 valence electrons. The van der Waals surface area contributed by atoms with E-state index in [0.717, 1.165) is 16.0 Å². The number of para-hydroxylation sites is 1. The number of phenols is 1. The molecule has 0 aliphatic carbocycles. The van der Waals surface area contributed by atoms with Gasteiger partial charge in [-0.25, -0.2) is 9.69 Å². The first-order chi connectivity index (χ1) is 18.3. The number of carbonyl (C=O) groups excluding carboxylic acids is 2. The van der Waals surface area contributed by atoms with E-state index in [1.807, 2.05) is 19.9 Å². The third-order valence-electron chi connectivity index (χ3n) is 6.51. The van der Waals surface area contributed by atoms with Crippen molar-refractivity contribution in [2.24, 2.45) is 5.10 Å². The van der Waals surface area contributed by atoms with E-state index in [2.05, 4.69) is 10.5 Å². The Bertz CT molecular complexity index is 1660. The van der Waals surface area contributed by atoms with Gasteiger partial charge in [-0.2, -0.15) is 5.10 Å². The topological polar surface area (TPSA) is 119 Å². The Labute approximate surface area is 218 Å². The standard InChI is InChI=1S/C30H23N3O5/c1-17-13-14-21(15-18(17)2)33-28(35)24-10-4-3-9-23(24)26(29(33)36)32-31-25-12-6-11-22(27(25)34)19-7-5-8-20(16-19)30(37)38/h3-16,31,34H,1-2H3,(H,37,38)/b32-26-. The Morgan fingerprint density at radius 2 is 1.50 bits per heavy atom. The first-order valence-corrected chi connectivity index (χ1v) is 11.8. The number of hydrogen-bond donors (Lipinski definition) is 3. The Balaban J connectivity index is 1.55. The number of imide groups is 1. The number of fused-ring (bicyclic) bond motifs is 1. The zero-order chi connectivity index (χ0) is 27.0. The van der Waals surface area contributed by atoms with Crippen LogP contribution < -0.4 is 10.3 Å². The molecule has 0 unspecified atom stereocenters. The van der Waals surface area contributed by atoms with Crippen LogP contribution in [-0.4, -0.2) is 33.7 Å². The molecule has 1 heterocycles. The van der Waals surface area contributed by atoms with Gasteiger partial charge in [0.1, 0.15) is 5.75 Å². The predicted octanol–water partition coefficient (Wildman–Crippen LogP) is 5.38. The molecular formula is C30H23N3O5. The van der Waals surface area contributed by atoms with Gasteiger partial charge in [0.25, 0.3) is 11.8 Å². The fraction of sp³-hybridized carbons (Fsp3) is 0.0667. The quantitative estimate of drug-likeness (QED) is 0.190. The van der Waals surface area contributed by atoms with Crippen LogP contribution in [0.15, 0.2) is 90.0 Å². The van der Waals surface area contributed by atoms with Gasteiger partial charge in [-0.1, -0.05) is 48.5 Å². The van der Waals surface area contributed by atoms with Crippen molar-refractivity contribution in [3.05, 3.63) is 113 Å². The van der Waals surface area contributed by atoms with E-state index in [9.17, 15) is 24.6 Å². The normalized spacial score (nSPS) is 13.9. The van der Waals surface area contributed by atoms with E-state index in [-0.39, 0.29) is 22.7 Å². The summed E-state index contributed by atoms with van der Waals surface area (Å²) < 4.78 is 0. The zero-order valence-corrected chi connectivity index (χ0v) is 20.6. The number of anilines is 2. The molecule has 4 aromatic carbocycles. The Hall–Kier alpha value is -5.24. The van der Waals surface area contributed by atoms with Crippen molar-refractivity contribution in [2.75, 3.05) is 10.3 Å². The van der Waals surface area contributed by atoms with Crippen LogP contribution >= 0.6 is 0 Å². The Morgan fingerprint density at radius 1 is 0.789 bits per heavy atom. The monoisotopic (exact) mass is 505 g/mol. The first-order valence-electron chi connectivity index (χ1n) is 11.8. The summed E-state index contributed by atoms with van der Waals surface area (Å²) in [4.78, 5) is 39.4. The number of hydrazone groups is 1. The highest BCUT2D eigenvalue weighted by molar-refractivity contribution is 6.57. The molecule has 8 heteroatoms. The number of phenolic OH excluding ortho intramolecular Hbond substituents is 1. The molecule has 4 aromatic rings. The number of benzene rings is 4. The van der Waals surface area contributed by atoms with Crippen LogP contribution in [-0.2, 0) is 4.79 Å². The molecule has 0 atom stereocenters. The van der Waals surface area contributed by atoms with Gasteiger partial charge in [0, 0.05) is 11.1 Å². The minimum Gasteiger partial charge on any atom is -0.505 e. The maximum Gasteiger partial charge on any atom is 0.335 e. The minimum absolute atomic E-state index is 0.0103.